The van der Waals surface area contributed by atoms with E-state index in [1.165, 1.54) is 4.90 Å². The highest BCUT2D eigenvalue weighted by Crippen LogP contribution is 2.34. The van der Waals surface area contributed by atoms with Gasteiger partial charge >= 0.3 is 0 Å². The maximum absolute atomic E-state index is 12.3. The molecule has 0 spiro atoms. The molecule has 23 heavy (non-hydrogen) atoms. The molecule has 2 aliphatic heterocycles. The van der Waals surface area contributed by atoms with Crippen LogP contribution in [0.15, 0.2) is 18.2 Å². The summed E-state index contributed by atoms with van der Waals surface area (Å²) < 4.78 is 10.9. The highest BCUT2D eigenvalue weighted by Gasteiger charge is 2.29. The summed E-state index contributed by atoms with van der Waals surface area (Å²) >= 11 is 5.99. The molecule has 2 atom stereocenters. The largest absolute Gasteiger partial charge is 0.482 e. The van der Waals surface area contributed by atoms with Gasteiger partial charge in [0, 0.05) is 11.6 Å². The van der Waals surface area contributed by atoms with E-state index >= 15 is 0 Å². The number of nitrogens with zero attached hydrogens (tertiary/aromatic N) is 1. The van der Waals surface area contributed by atoms with E-state index in [-0.39, 0.29) is 37.1 Å². The lowest BCUT2D eigenvalue weighted by atomic mass is 10.1. The third-order valence-corrected chi connectivity index (χ3v) is 4.31. The molecule has 1 fully saturated rings. The second kappa shape index (κ2) is 6.76. The second-order valence-corrected chi connectivity index (χ2v) is 6.22. The first-order valence-corrected chi connectivity index (χ1v) is 8.06. The van der Waals surface area contributed by atoms with Crippen molar-refractivity contribution in [2.24, 2.45) is 0 Å². The molecule has 2 heterocycles. The second-order valence-electron chi connectivity index (χ2n) is 5.79. The number of nitrogens with one attached hydrogen (secondary N) is 1. The molecule has 6 nitrogen and oxygen atoms in total. The van der Waals surface area contributed by atoms with Gasteiger partial charge in [0.2, 0.25) is 5.91 Å². The number of hydrogen-bond acceptors (Lipinski definition) is 4. The standard InChI is InChI=1S/C16H19ClN2O4/c1-10(13-3-2-6-22-13)18-15(20)8-19-12-7-11(17)4-5-14(12)23-9-16(19)21/h4-5,7,10,13H,2-3,6,8-9H2,1H3,(H,18,20)/t10-,13-/m1/s1. The van der Waals surface area contributed by atoms with Gasteiger partial charge in [-0.15, -0.1) is 0 Å². The first-order chi connectivity index (χ1) is 11.0. The summed E-state index contributed by atoms with van der Waals surface area (Å²) in [5, 5.41) is 3.39. The van der Waals surface area contributed by atoms with Crippen molar-refractivity contribution in [3.63, 3.8) is 0 Å². The Labute approximate surface area is 139 Å². The normalized spacial score (nSPS) is 21.6. The minimum atomic E-state index is -0.264. The van der Waals surface area contributed by atoms with E-state index in [0.29, 0.717) is 16.5 Å². The number of fused-ring (bicyclic) bond motifs is 1. The number of amides is 2. The van der Waals surface area contributed by atoms with Crippen molar-refractivity contribution in [2.75, 3.05) is 24.7 Å². The highest BCUT2D eigenvalue weighted by atomic mass is 35.5. The van der Waals surface area contributed by atoms with Gasteiger partial charge in [-0.05, 0) is 38.0 Å². The Morgan fingerprint density at radius 1 is 1.52 bits per heavy atom. The molecule has 1 N–H and O–H groups in total. The van der Waals surface area contributed by atoms with Crippen molar-refractivity contribution < 1.29 is 19.1 Å². The zero-order valence-corrected chi connectivity index (χ0v) is 13.6. The van der Waals surface area contributed by atoms with Crippen LogP contribution in [-0.2, 0) is 14.3 Å². The van der Waals surface area contributed by atoms with Crippen molar-refractivity contribution >= 4 is 29.1 Å². The van der Waals surface area contributed by atoms with Crippen LogP contribution in [0.1, 0.15) is 19.8 Å². The molecule has 1 aromatic carbocycles. The molecule has 0 saturated carbocycles. The summed E-state index contributed by atoms with van der Waals surface area (Å²) in [5.41, 5.74) is 0.522. The van der Waals surface area contributed by atoms with E-state index in [1.54, 1.807) is 18.2 Å². The summed E-state index contributed by atoms with van der Waals surface area (Å²) in [5.74, 6) is 0.0582. The molecular formula is C16H19ClN2O4. The van der Waals surface area contributed by atoms with Crippen LogP contribution < -0.4 is 15.0 Å². The van der Waals surface area contributed by atoms with Gasteiger partial charge in [0.25, 0.3) is 5.91 Å². The molecule has 124 valence electrons. The number of rotatable bonds is 4. The number of hydrogen-bond donors (Lipinski definition) is 1. The maximum atomic E-state index is 12.3. The van der Waals surface area contributed by atoms with Crippen LogP contribution in [0.5, 0.6) is 5.75 Å². The Morgan fingerprint density at radius 3 is 3.09 bits per heavy atom. The lowest BCUT2D eigenvalue weighted by Crippen LogP contribution is -2.49. The van der Waals surface area contributed by atoms with Crippen LogP contribution in [0, 0.1) is 0 Å². The van der Waals surface area contributed by atoms with Crippen LogP contribution in [0.4, 0.5) is 5.69 Å². The summed E-state index contributed by atoms with van der Waals surface area (Å²) in [6, 6.07) is 4.93. The van der Waals surface area contributed by atoms with Gasteiger partial charge in [0.15, 0.2) is 6.61 Å². The summed E-state index contributed by atoms with van der Waals surface area (Å²) in [6.45, 7) is 2.51. The fourth-order valence-corrected chi connectivity index (χ4v) is 3.05. The molecule has 7 heteroatoms. The molecule has 0 bridgehead atoms. The highest BCUT2D eigenvalue weighted by molar-refractivity contribution is 6.31. The predicted molar refractivity (Wildman–Crippen MR) is 85.9 cm³/mol. The summed E-state index contributed by atoms with van der Waals surface area (Å²) in [4.78, 5) is 25.8. The van der Waals surface area contributed by atoms with E-state index in [9.17, 15) is 9.59 Å². The van der Waals surface area contributed by atoms with Crippen LogP contribution in [0.25, 0.3) is 0 Å². The van der Waals surface area contributed by atoms with Crippen molar-refractivity contribution in [1.29, 1.82) is 0 Å². The van der Waals surface area contributed by atoms with Gasteiger partial charge in [-0.3, -0.25) is 14.5 Å². The first-order valence-electron chi connectivity index (χ1n) is 7.68. The molecular weight excluding hydrogens is 320 g/mol. The molecule has 0 aromatic heterocycles. The monoisotopic (exact) mass is 338 g/mol. The summed E-state index contributed by atoms with van der Waals surface area (Å²) in [6.07, 6.45) is 2.00. The molecule has 1 saturated heterocycles. The number of anilines is 1. The molecule has 2 amide bonds. The average molecular weight is 339 g/mol. The van der Waals surface area contributed by atoms with E-state index in [4.69, 9.17) is 21.1 Å². The van der Waals surface area contributed by atoms with Gasteiger partial charge in [0.05, 0.1) is 17.8 Å². The lowest BCUT2D eigenvalue weighted by molar-refractivity contribution is -0.126. The molecule has 0 unspecified atom stereocenters. The van der Waals surface area contributed by atoms with Gasteiger partial charge < -0.3 is 14.8 Å². The number of benzene rings is 1. The Morgan fingerprint density at radius 2 is 2.35 bits per heavy atom. The minimum Gasteiger partial charge on any atom is -0.482 e. The van der Waals surface area contributed by atoms with E-state index < -0.39 is 0 Å². The Hall–Kier alpha value is -1.79. The topological polar surface area (TPSA) is 67.9 Å². The fraction of sp³-hybridized carbons (Fsp3) is 0.500. The summed E-state index contributed by atoms with van der Waals surface area (Å²) in [7, 11) is 0. The van der Waals surface area contributed by atoms with E-state index in [2.05, 4.69) is 5.32 Å². The zero-order valence-electron chi connectivity index (χ0n) is 12.9. The van der Waals surface area contributed by atoms with Crippen LogP contribution in [0.2, 0.25) is 5.02 Å². The molecule has 0 aliphatic carbocycles. The molecule has 1 aromatic rings. The van der Waals surface area contributed by atoms with Crippen molar-refractivity contribution in [2.45, 2.75) is 31.9 Å². The van der Waals surface area contributed by atoms with E-state index in [1.807, 2.05) is 6.92 Å². The van der Waals surface area contributed by atoms with Gasteiger partial charge in [-0.2, -0.15) is 0 Å². The van der Waals surface area contributed by atoms with Gasteiger partial charge in [0.1, 0.15) is 12.3 Å². The van der Waals surface area contributed by atoms with E-state index in [0.717, 1.165) is 19.4 Å². The lowest BCUT2D eigenvalue weighted by Gasteiger charge is -2.29. The third kappa shape index (κ3) is 3.59. The number of ether oxygens (including phenoxy) is 2. The maximum Gasteiger partial charge on any atom is 0.265 e. The van der Waals surface area contributed by atoms with Crippen LogP contribution in [0.3, 0.4) is 0 Å². The number of halogens is 1. The van der Waals surface area contributed by atoms with Gasteiger partial charge in [-0.25, -0.2) is 0 Å². The smallest absolute Gasteiger partial charge is 0.265 e. The predicted octanol–water partition coefficient (Wildman–Crippen LogP) is 1.75. The third-order valence-electron chi connectivity index (χ3n) is 4.08. The quantitative estimate of drug-likeness (QED) is 0.908. The molecule has 2 aliphatic rings. The number of carbonyl (C=O) groups excluding carboxylic acids is 2. The molecule has 0 radical (unpaired) electrons. The van der Waals surface area contributed by atoms with Crippen molar-refractivity contribution in [3.05, 3.63) is 23.2 Å². The Kier molecular flexibility index (Phi) is 4.73. The van der Waals surface area contributed by atoms with Crippen molar-refractivity contribution in [3.8, 4) is 5.75 Å². The zero-order chi connectivity index (χ0) is 16.4. The van der Waals surface area contributed by atoms with Crippen molar-refractivity contribution in [1.82, 2.24) is 5.32 Å². The number of carbonyl (C=O) groups is 2. The van der Waals surface area contributed by atoms with Crippen LogP contribution >= 0.6 is 11.6 Å². The fourth-order valence-electron chi connectivity index (χ4n) is 2.88. The Balaban J connectivity index is 1.68. The minimum absolute atomic E-state index is 0.0427. The molecule has 3 rings (SSSR count). The SMILES string of the molecule is C[C@@H](NC(=O)CN1C(=O)COc2ccc(Cl)cc21)[C@H]1CCCO1. The Bertz CT molecular complexity index is 616. The van der Waals surface area contributed by atoms with Gasteiger partial charge in [-0.1, -0.05) is 11.6 Å². The first kappa shape index (κ1) is 16.1. The van der Waals surface area contributed by atoms with Crippen LogP contribution in [-0.4, -0.2) is 43.7 Å². The average Bonchev–Trinajstić information content (AvgIpc) is 3.05.